The topological polar surface area (TPSA) is 12.9 Å². The molecular formula is C10H15F2N. The smallest absolute Gasteiger partial charge is 0.261 e. The van der Waals surface area contributed by atoms with Crippen LogP contribution in [0.2, 0.25) is 0 Å². The predicted octanol–water partition coefficient (Wildman–Crippen LogP) is 3.53. The molecule has 1 aromatic rings. The van der Waals surface area contributed by atoms with Gasteiger partial charge in [-0.25, -0.2) is 8.78 Å². The molecule has 0 bridgehead atoms. The first-order valence-electron chi connectivity index (χ1n) is 4.31. The van der Waals surface area contributed by atoms with Crippen LogP contribution < -0.4 is 0 Å². The first-order chi connectivity index (χ1) is 6.00. The molecule has 1 aromatic heterocycles. The van der Waals surface area contributed by atoms with E-state index in [0.717, 1.165) is 12.6 Å². The highest BCUT2D eigenvalue weighted by Gasteiger charge is 2.23. The molecule has 0 N–H and O–H groups in total. The third-order valence-electron chi connectivity index (χ3n) is 1.42. The zero-order valence-corrected chi connectivity index (χ0v) is 8.44. The molecule has 0 amide bonds. The summed E-state index contributed by atoms with van der Waals surface area (Å²) in [4.78, 5) is 3.77. The average Bonchev–Trinajstić information content (AvgIpc) is 2.07. The molecule has 3 heteroatoms. The van der Waals surface area contributed by atoms with Crippen molar-refractivity contribution in [2.75, 3.05) is 0 Å². The second-order valence-electron chi connectivity index (χ2n) is 2.58. The van der Waals surface area contributed by atoms with E-state index in [1.165, 1.54) is 12.3 Å². The van der Waals surface area contributed by atoms with Gasteiger partial charge in [-0.1, -0.05) is 13.8 Å². The van der Waals surface area contributed by atoms with Gasteiger partial charge in [0, 0.05) is 24.4 Å². The number of halogens is 2. The zero-order valence-electron chi connectivity index (χ0n) is 8.44. The van der Waals surface area contributed by atoms with E-state index >= 15 is 0 Å². The van der Waals surface area contributed by atoms with Gasteiger partial charge < -0.3 is 0 Å². The number of nitrogens with zero attached hydrogens (tertiary/aromatic N) is 1. The summed E-state index contributed by atoms with van der Waals surface area (Å²) in [5.41, 5.74) is 0.709. The molecule has 0 fully saturated rings. The number of alkyl halides is 2. The summed E-state index contributed by atoms with van der Waals surface area (Å²) in [7, 11) is 0. The summed E-state index contributed by atoms with van der Waals surface area (Å²) >= 11 is 0. The van der Waals surface area contributed by atoms with Crippen molar-refractivity contribution in [3.05, 3.63) is 29.6 Å². The first-order valence-corrected chi connectivity index (χ1v) is 4.31. The highest BCUT2D eigenvalue weighted by atomic mass is 19.3. The maximum Gasteiger partial charge on any atom is 0.272 e. The average molecular weight is 187 g/mol. The van der Waals surface area contributed by atoms with Gasteiger partial charge in [-0.05, 0) is 19.1 Å². The lowest BCUT2D eigenvalue weighted by molar-refractivity contribution is 0.0171. The molecule has 74 valence electrons. The van der Waals surface area contributed by atoms with Gasteiger partial charge in [-0.15, -0.1) is 0 Å². The Kier molecular flexibility index (Phi) is 4.52. The highest BCUT2D eigenvalue weighted by Crippen LogP contribution is 2.25. The minimum absolute atomic E-state index is 0.0388. The molecule has 0 atom stereocenters. The van der Waals surface area contributed by atoms with Gasteiger partial charge in [0.2, 0.25) is 0 Å². The maximum absolute atomic E-state index is 12.5. The normalized spacial score (nSPS) is 10.3. The van der Waals surface area contributed by atoms with Crippen LogP contribution >= 0.6 is 0 Å². The summed E-state index contributed by atoms with van der Waals surface area (Å²) in [6.07, 6.45) is 1.20. The second kappa shape index (κ2) is 4.90. The van der Waals surface area contributed by atoms with Crippen molar-refractivity contribution in [1.82, 2.24) is 4.98 Å². The quantitative estimate of drug-likeness (QED) is 0.655. The fourth-order valence-corrected chi connectivity index (χ4v) is 0.727. The molecule has 0 spiro atoms. The van der Waals surface area contributed by atoms with E-state index in [9.17, 15) is 8.78 Å². The summed E-state index contributed by atoms with van der Waals surface area (Å²) in [5.74, 6) is -2.78. The van der Waals surface area contributed by atoms with Gasteiger partial charge in [-0.2, -0.15) is 0 Å². The Morgan fingerprint density at radius 2 is 1.77 bits per heavy atom. The van der Waals surface area contributed by atoms with E-state index in [0.29, 0.717) is 0 Å². The minimum Gasteiger partial charge on any atom is -0.261 e. The Morgan fingerprint density at radius 3 is 2.08 bits per heavy atom. The van der Waals surface area contributed by atoms with Gasteiger partial charge in [0.15, 0.2) is 0 Å². The molecular weight excluding hydrogens is 172 g/mol. The van der Waals surface area contributed by atoms with Crippen LogP contribution in [0, 0.1) is 6.92 Å². The monoisotopic (exact) mass is 187 g/mol. The lowest BCUT2D eigenvalue weighted by Crippen LogP contribution is -2.07. The zero-order chi connectivity index (χ0) is 10.5. The minimum atomic E-state index is -2.78. The predicted molar refractivity (Wildman–Crippen MR) is 49.9 cm³/mol. The van der Waals surface area contributed by atoms with Gasteiger partial charge in [0.05, 0.1) is 0 Å². The van der Waals surface area contributed by atoms with Crippen molar-refractivity contribution in [3.8, 4) is 0 Å². The summed E-state index contributed by atoms with van der Waals surface area (Å²) in [5, 5.41) is 0. The van der Waals surface area contributed by atoms with E-state index in [2.05, 4.69) is 4.98 Å². The molecule has 0 aliphatic heterocycles. The standard InChI is InChI=1S/C8H9F2N.C2H6/c1-6-3-4-7(5-11-6)8(2,9)10;1-2/h3-5H,1-2H3;1-2H3. The Balaban J connectivity index is 0.000000671. The molecule has 0 aromatic carbocycles. The molecule has 13 heavy (non-hydrogen) atoms. The molecule has 0 aliphatic rings. The van der Waals surface area contributed by atoms with Crippen LogP contribution in [0.15, 0.2) is 18.3 Å². The highest BCUT2D eigenvalue weighted by molar-refractivity contribution is 5.17. The van der Waals surface area contributed by atoms with Crippen molar-refractivity contribution >= 4 is 0 Å². The SMILES string of the molecule is CC.Cc1ccc(C(C)(F)F)cn1. The molecule has 0 saturated heterocycles. The van der Waals surface area contributed by atoms with Gasteiger partial charge in [0.1, 0.15) is 0 Å². The Labute approximate surface area is 77.8 Å². The number of aryl methyl sites for hydroxylation is 1. The van der Waals surface area contributed by atoms with E-state index < -0.39 is 5.92 Å². The molecule has 1 rings (SSSR count). The van der Waals surface area contributed by atoms with Crippen LogP contribution in [0.4, 0.5) is 8.78 Å². The second-order valence-corrected chi connectivity index (χ2v) is 2.58. The summed E-state index contributed by atoms with van der Waals surface area (Å²) in [6.45, 7) is 6.62. The number of pyridine rings is 1. The van der Waals surface area contributed by atoms with Crippen molar-refractivity contribution in [3.63, 3.8) is 0 Å². The molecule has 1 heterocycles. The molecule has 0 saturated carbocycles. The number of aromatic nitrogens is 1. The third-order valence-corrected chi connectivity index (χ3v) is 1.42. The molecule has 1 nitrogen and oxygen atoms in total. The lowest BCUT2D eigenvalue weighted by atomic mass is 10.2. The number of hydrogen-bond acceptors (Lipinski definition) is 1. The van der Waals surface area contributed by atoms with Crippen molar-refractivity contribution in [2.24, 2.45) is 0 Å². The van der Waals surface area contributed by atoms with Crippen LogP contribution in [0.5, 0.6) is 0 Å². The van der Waals surface area contributed by atoms with Crippen molar-refractivity contribution in [1.29, 1.82) is 0 Å². The first kappa shape index (κ1) is 12.0. The van der Waals surface area contributed by atoms with Crippen LogP contribution in [0.3, 0.4) is 0 Å². The van der Waals surface area contributed by atoms with Gasteiger partial charge in [0.25, 0.3) is 5.92 Å². The van der Waals surface area contributed by atoms with E-state index in [4.69, 9.17) is 0 Å². The van der Waals surface area contributed by atoms with Crippen molar-refractivity contribution in [2.45, 2.75) is 33.6 Å². The summed E-state index contributed by atoms with van der Waals surface area (Å²) < 4.78 is 25.1. The maximum atomic E-state index is 12.5. The lowest BCUT2D eigenvalue weighted by Gasteiger charge is -2.08. The fourth-order valence-electron chi connectivity index (χ4n) is 0.727. The van der Waals surface area contributed by atoms with Crippen molar-refractivity contribution < 1.29 is 8.78 Å². The van der Waals surface area contributed by atoms with Gasteiger partial charge >= 0.3 is 0 Å². The van der Waals surface area contributed by atoms with Crippen LogP contribution in [-0.2, 0) is 5.92 Å². The van der Waals surface area contributed by atoms with Crippen LogP contribution in [0.25, 0.3) is 0 Å². The Morgan fingerprint density at radius 1 is 1.23 bits per heavy atom. The van der Waals surface area contributed by atoms with E-state index in [-0.39, 0.29) is 5.56 Å². The number of rotatable bonds is 1. The van der Waals surface area contributed by atoms with E-state index in [1.807, 2.05) is 13.8 Å². The molecule has 0 radical (unpaired) electrons. The number of hydrogen-bond donors (Lipinski definition) is 0. The molecule has 0 aliphatic carbocycles. The van der Waals surface area contributed by atoms with E-state index in [1.54, 1.807) is 13.0 Å². The van der Waals surface area contributed by atoms with Crippen LogP contribution in [0.1, 0.15) is 32.0 Å². The third kappa shape index (κ3) is 3.97. The van der Waals surface area contributed by atoms with Gasteiger partial charge in [-0.3, -0.25) is 4.98 Å². The fraction of sp³-hybridized carbons (Fsp3) is 0.500. The van der Waals surface area contributed by atoms with Crippen LogP contribution in [-0.4, -0.2) is 4.98 Å². The summed E-state index contributed by atoms with van der Waals surface area (Å²) in [6, 6.07) is 2.97. The Hall–Kier alpha value is -0.990. The largest absolute Gasteiger partial charge is 0.272 e. The Bertz CT molecular complexity index is 236. The molecule has 0 unspecified atom stereocenters.